The van der Waals surface area contributed by atoms with Crippen LogP contribution in [0.5, 0.6) is 0 Å². The predicted octanol–water partition coefficient (Wildman–Crippen LogP) is 10.4. The lowest BCUT2D eigenvalue weighted by atomic mass is 10.0. The van der Waals surface area contributed by atoms with E-state index < -0.39 is 0 Å². The van der Waals surface area contributed by atoms with Gasteiger partial charge in [0.1, 0.15) is 6.10 Å². The maximum Gasteiger partial charge on any atom is 0.104 e. The normalized spacial score (nSPS) is 12.3. The fourth-order valence-corrected chi connectivity index (χ4v) is 4.79. The third-order valence-electron chi connectivity index (χ3n) is 7.24. The Bertz CT molecular complexity index is 568. The van der Waals surface area contributed by atoms with E-state index in [0.29, 0.717) is 26.2 Å². The van der Waals surface area contributed by atoms with Crippen molar-refractivity contribution >= 4 is 0 Å². The van der Waals surface area contributed by atoms with Crippen LogP contribution in [0.15, 0.2) is 30.3 Å². The quantitative estimate of drug-likeness (QED) is 0.0917. The lowest BCUT2D eigenvalue weighted by Crippen LogP contribution is -2.26. The van der Waals surface area contributed by atoms with Crippen LogP contribution in [0.4, 0.5) is 4.39 Å². The van der Waals surface area contributed by atoms with E-state index in [1.807, 2.05) is 18.2 Å². The Morgan fingerprint density at radius 2 is 1.03 bits per heavy atom. The largest absolute Gasteiger partial charge is 0.379 e. The first kappa shape index (κ1) is 35.1. The monoisotopic (exact) mass is 535 g/mol. The van der Waals surface area contributed by atoms with Crippen LogP contribution < -0.4 is 0 Å². The number of alkyl halides is 1. The summed E-state index contributed by atoms with van der Waals surface area (Å²) in [4.78, 5) is 0. The smallest absolute Gasteiger partial charge is 0.104 e. The van der Waals surface area contributed by atoms with E-state index in [9.17, 15) is 4.39 Å². The van der Waals surface area contributed by atoms with Crippen LogP contribution in [-0.4, -0.2) is 39.2 Å². The molecule has 0 heterocycles. The third-order valence-corrected chi connectivity index (χ3v) is 7.24. The summed E-state index contributed by atoms with van der Waals surface area (Å²) < 4.78 is 30.2. The van der Waals surface area contributed by atoms with E-state index in [4.69, 9.17) is 14.2 Å². The molecule has 0 aliphatic carbocycles. The zero-order valence-corrected chi connectivity index (χ0v) is 25.0. The van der Waals surface area contributed by atoms with Crippen molar-refractivity contribution in [2.24, 2.45) is 0 Å². The number of ether oxygens (including phenoxy) is 3. The first-order valence-corrected chi connectivity index (χ1v) is 16.2. The van der Waals surface area contributed by atoms with Crippen LogP contribution >= 0.6 is 0 Å². The molecule has 1 atom stereocenters. The molecule has 0 fully saturated rings. The minimum atomic E-state index is -0.187. The Hall–Kier alpha value is -0.970. The Morgan fingerprint density at radius 1 is 0.553 bits per heavy atom. The molecule has 1 unspecified atom stereocenters. The number of hydrogen-bond donors (Lipinski definition) is 0. The van der Waals surface area contributed by atoms with E-state index in [0.717, 1.165) is 51.7 Å². The second-order valence-corrected chi connectivity index (χ2v) is 11.0. The van der Waals surface area contributed by atoms with Gasteiger partial charge in [-0.25, -0.2) is 0 Å². The molecule has 0 amide bonds. The SMILES string of the molecule is CCCCCCCCCCCCCCCCOCC(COCc1ccccc1)OCCCCCCCC[18F]. The minimum absolute atomic E-state index is 0.0168. The Balaban J connectivity index is 2.03. The van der Waals surface area contributed by atoms with E-state index >= 15 is 0 Å². The van der Waals surface area contributed by atoms with Crippen molar-refractivity contribution in [3.05, 3.63) is 35.9 Å². The molecule has 222 valence electrons. The van der Waals surface area contributed by atoms with Gasteiger partial charge >= 0.3 is 0 Å². The maximum absolute atomic E-state index is 12.2. The molecule has 38 heavy (non-hydrogen) atoms. The second-order valence-electron chi connectivity index (χ2n) is 11.0. The number of benzene rings is 1. The Labute approximate surface area is 235 Å². The van der Waals surface area contributed by atoms with Gasteiger partial charge in [-0.15, -0.1) is 0 Å². The van der Waals surface area contributed by atoms with Gasteiger partial charge in [0.05, 0.1) is 26.5 Å². The second kappa shape index (κ2) is 29.0. The number of hydrogen-bond acceptors (Lipinski definition) is 3. The molecular formula is C34H61FO3. The average molecular weight is 536 g/mol. The molecule has 3 nitrogen and oxygen atoms in total. The van der Waals surface area contributed by atoms with Crippen molar-refractivity contribution < 1.29 is 18.6 Å². The molecule has 0 saturated carbocycles. The fraction of sp³-hybridized carbons (Fsp3) is 0.824. The first-order valence-electron chi connectivity index (χ1n) is 16.2. The van der Waals surface area contributed by atoms with E-state index in [1.165, 1.54) is 89.0 Å². The molecule has 1 aromatic rings. The van der Waals surface area contributed by atoms with Crippen molar-refractivity contribution in [3.63, 3.8) is 0 Å². The summed E-state index contributed by atoms with van der Waals surface area (Å²) in [6.45, 7) is 5.42. The molecule has 0 aliphatic rings. The molecule has 0 aromatic heterocycles. The van der Waals surface area contributed by atoms with Crippen LogP contribution in [0.1, 0.15) is 141 Å². The van der Waals surface area contributed by atoms with Gasteiger partial charge in [0.25, 0.3) is 0 Å². The summed E-state index contributed by atoms with van der Waals surface area (Å²) in [6.07, 6.45) is 25.4. The van der Waals surface area contributed by atoms with Gasteiger partial charge in [-0.05, 0) is 24.8 Å². The molecule has 1 rings (SSSR count). The standard InChI is InChI=1S/C34H61FO3/c1-2-3-4-5-6-7-8-9-10-11-12-14-17-23-28-36-31-34(32-37-30-33-25-20-19-21-26-33)38-29-24-18-15-13-16-22-27-35/h19-21,25-26,34H,2-18,22-24,27-32H2,1H3/i35-1. The van der Waals surface area contributed by atoms with Crippen molar-refractivity contribution in [1.82, 2.24) is 0 Å². The van der Waals surface area contributed by atoms with Crippen molar-refractivity contribution in [2.45, 2.75) is 148 Å². The van der Waals surface area contributed by atoms with Crippen molar-refractivity contribution in [3.8, 4) is 0 Å². The minimum Gasteiger partial charge on any atom is -0.379 e. The summed E-state index contributed by atoms with van der Waals surface area (Å²) in [7, 11) is 0. The predicted molar refractivity (Wildman–Crippen MR) is 161 cm³/mol. The zero-order chi connectivity index (χ0) is 27.2. The van der Waals surface area contributed by atoms with Gasteiger partial charge in [0, 0.05) is 13.2 Å². The van der Waals surface area contributed by atoms with Crippen LogP contribution in [0, 0.1) is 0 Å². The van der Waals surface area contributed by atoms with Crippen LogP contribution in [0.25, 0.3) is 0 Å². The molecule has 4 heteroatoms. The van der Waals surface area contributed by atoms with E-state index in [2.05, 4.69) is 19.1 Å². The lowest BCUT2D eigenvalue weighted by molar-refractivity contribution is -0.0645. The third kappa shape index (κ3) is 24.1. The molecule has 0 saturated heterocycles. The molecule has 1 aromatic carbocycles. The molecule has 0 N–H and O–H groups in total. The maximum atomic E-state index is 12.2. The Morgan fingerprint density at radius 3 is 1.58 bits per heavy atom. The summed E-state index contributed by atoms with van der Waals surface area (Å²) in [5, 5.41) is 0. The van der Waals surface area contributed by atoms with Crippen molar-refractivity contribution in [1.29, 1.82) is 0 Å². The Kier molecular flexibility index (Phi) is 26.8. The summed E-state index contributed by atoms with van der Waals surface area (Å²) in [5.41, 5.74) is 1.18. The summed E-state index contributed by atoms with van der Waals surface area (Å²) in [6, 6.07) is 10.3. The highest BCUT2D eigenvalue weighted by Crippen LogP contribution is 2.13. The molecule has 0 bridgehead atoms. The topological polar surface area (TPSA) is 27.7 Å². The number of halogens is 1. The van der Waals surface area contributed by atoms with Gasteiger partial charge < -0.3 is 14.2 Å². The van der Waals surface area contributed by atoms with Gasteiger partial charge in [0.2, 0.25) is 0 Å². The first-order chi connectivity index (χ1) is 18.9. The summed E-state index contributed by atoms with van der Waals surface area (Å²) >= 11 is 0. The lowest BCUT2D eigenvalue weighted by Gasteiger charge is -2.18. The van der Waals surface area contributed by atoms with Crippen molar-refractivity contribution in [2.75, 3.05) is 33.1 Å². The summed E-state index contributed by atoms with van der Waals surface area (Å²) in [5.74, 6) is 0. The van der Waals surface area contributed by atoms with Crippen LogP contribution in [0.3, 0.4) is 0 Å². The van der Waals surface area contributed by atoms with Crippen LogP contribution in [0.2, 0.25) is 0 Å². The van der Waals surface area contributed by atoms with Gasteiger partial charge in [-0.2, -0.15) is 0 Å². The average Bonchev–Trinajstić information content (AvgIpc) is 2.94. The highest BCUT2D eigenvalue weighted by Gasteiger charge is 2.10. The zero-order valence-electron chi connectivity index (χ0n) is 25.0. The van der Waals surface area contributed by atoms with Gasteiger partial charge in [0.15, 0.2) is 0 Å². The van der Waals surface area contributed by atoms with Gasteiger partial charge in [-0.3, -0.25) is 4.39 Å². The van der Waals surface area contributed by atoms with E-state index in [1.54, 1.807) is 0 Å². The fourth-order valence-electron chi connectivity index (χ4n) is 4.79. The van der Waals surface area contributed by atoms with Crippen LogP contribution in [-0.2, 0) is 20.8 Å². The number of unbranched alkanes of at least 4 members (excludes halogenated alkanes) is 18. The number of rotatable bonds is 30. The molecule has 0 radical (unpaired) electrons. The molecule has 0 aliphatic heterocycles. The van der Waals surface area contributed by atoms with E-state index in [-0.39, 0.29) is 12.8 Å². The highest BCUT2D eigenvalue weighted by atomic mass is 18.2. The molecular weight excluding hydrogens is 474 g/mol. The molecule has 0 spiro atoms. The highest BCUT2D eigenvalue weighted by molar-refractivity contribution is 5.13. The van der Waals surface area contributed by atoms with Gasteiger partial charge in [-0.1, -0.05) is 146 Å².